The maximum atomic E-state index is 12.6. The number of nitrogens with one attached hydrogen (secondary N) is 1. The fraction of sp³-hybridized carbons (Fsp3) is 0.316. The molecule has 1 atom stereocenters. The van der Waals surface area contributed by atoms with Crippen LogP contribution in [-0.4, -0.2) is 62.0 Å². The minimum atomic E-state index is -3.61. The summed E-state index contributed by atoms with van der Waals surface area (Å²) in [7, 11) is -3.61. The SMILES string of the molecule is CC(OC(=O)c1cncc(Br)c1)C(=O)Nc1ccc(S(=O)(=O)N2CCOCC2)cc1. The normalized spacial score (nSPS) is 15.9. The van der Waals surface area contributed by atoms with Crippen LogP contribution in [0.2, 0.25) is 0 Å². The molecule has 1 aromatic heterocycles. The van der Waals surface area contributed by atoms with Gasteiger partial charge >= 0.3 is 5.97 Å². The van der Waals surface area contributed by atoms with Gasteiger partial charge in [-0.25, -0.2) is 13.2 Å². The molecule has 1 aliphatic rings. The van der Waals surface area contributed by atoms with Gasteiger partial charge in [0.05, 0.1) is 23.7 Å². The molecule has 1 aliphatic heterocycles. The third kappa shape index (κ3) is 5.42. The van der Waals surface area contributed by atoms with Crippen molar-refractivity contribution in [2.24, 2.45) is 0 Å². The Bertz CT molecular complexity index is 1020. The third-order valence-electron chi connectivity index (χ3n) is 4.32. The lowest BCUT2D eigenvalue weighted by Gasteiger charge is -2.26. The Hall–Kier alpha value is -2.34. The van der Waals surface area contributed by atoms with E-state index in [4.69, 9.17) is 9.47 Å². The first-order chi connectivity index (χ1) is 14.3. The number of hydrogen-bond acceptors (Lipinski definition) is 7. The summed E-state index contributed by atoms with van der Waals surface area (Å²) in [6.07, 6.45) is 1.80. The highest BCUT2D eigenvalue weighted by Crippen LogP contribution is 2.20. The minimum Gasteiger partial charge on any atom is -0.449 e. The summed E-state index contributed by atoms with van der Waals surface area (Å²) in [5.74, 6) is -1.23. The Morgan fingerprint density at radius 2 is 1.87 bits per heavy atom. The highest BCUT2D eigenvalue weighted by Gasteiger charge is 2.26. The molecule has 3 rings (SSSR count). The zero-order valence-corrected chi connectivity index (χ0v) is 18.5. The molecule has 1 fully saturated rings. The van der Waals surface area contributed by atoms with Crippen molar-refractivity contribution in [2.45, 2.75) is 17.9 Å². The van der Waals surface area contributed by atoms with Gasteiger partial charge in [0.15, 0.2) is 6.10 Å². The standard InChI is InChI=1S/C19H20BrN3O6S/c1-13(29-19(25)14-10-15(20)12-21-11-14)18(24)22-16-2-4-17(5-3-16)30(26,27)23-6-8-28-9-7-23/h2-5,10-13H,6-9H2,1H3,(H,22,24). The number of amides is 1. The van der Waals surface area contributed by atoms with Crippen LogP contribution in [0.3, 0.4) is 0 Å². The fourth-order valence-corrected chi connectivity index (χ4v) is 4.47. The number of rotatable bonds is 6. The lowest BCUT2D eigenvalue weighted by atomic mass is 10.2. The van der Waals surface area contributed by atoms with Gasteiger partial charge in [-0.05, 0) is 53.2 Å². The second kappa shape index (κ2) is 9.65. The Kier molecular flexibility index (Phi) is 7.19. The predicted molar refractivity (Wildman–Crippen MR) is 111 cm³/mol. The molecule has 11 heteroatoms. The number of ether oxygens (including phenoxy) is 2. The Morgan fingerprint density at radius 3 is 2.50 bits per heavy atom. The molecule has 160 valence electrons. The van der Waals surface area contributed by atoms with Crippen LogP contribution in [0.4, 0.5) is 5.69 Å². The van der Waals surface area contributed by atoms with Crippen LogP contribution in [0, 0.1) is 0 Å². The molecular weight excluding hydrogens is 478 g/mol. The molecule has 2 heterocycles. The molecule has 30 heavy (non-hydrogen) atoms. The predicted octanol–water partition coefficient (Wildman–Crippen LogP) is 2.05. The minimum absolute atomic E-state index is 0.129. The first-order valence-electron chi connectivity index (χ1n) is 9.08. The van der Waals surface area contributed by atoms with E-state index in [9.17, 15) is 18.0 Å². The number of anilines is 1. The highest BCUT2D eigenvalue weighted by molar-refractivity contribution is 9.10. The lowest BCUT2D eigenvalue weighted by Crippen LogP contribution is -2.40. The summed E-state index contributed by atoms with van der Waals surface area (Å²) in [4.78, 5) is 28.5. The number of aromatic nitrogens is 1. The molecule has 1 aromatic carbocycles. The van der Waals surface area contributed by atoms with Crippen molar-refractivity contribution >= 4 is 43.5 Å². The number of hydrogen-bond donors (Lipinski definition) is 1. The van der Waals surface area contributed by atoms with Crippen molar-refractivity contribution in [3.05, 3.63) is 52.8 Å². The molecule has 0 saturated carbocycles. The molecule has 0 bridgehead atoms. The van der Waals surface area contributed by atoms with Crippen LogP contribution in [0.1, 0.15) is 17.3 Å². The number of morpholine rings is 1. The van der Waals surface area contributed by atoms with Gasteiger partial charge < -0.3 is 14.8 Å². The second-order valence-corrected chi connectivity index (χ2v) is 9.32. The maximum absolute atomic E-state index is 12.6. The number of carbonyl (C=O) groups excluding carboxylic acids is 2. The molecule has 9 nitrogen and oxygen atoms in total. The molecular formula is C19H20BrN3O6S. The third-order valence-corrected chi connectivity index (χ3v) is 6.67. The first-order valence-corrected chi connectivity index (χ1v) is 11.3. The number of pyridine rings is 1. The van der Waals surface area contributed by atoms with Crippen LogP contribution in [0.15, 0.2) is 52.1 Å². The van der Waals surface area contributed by atoms with Crippen LogP contribution < -0.4 is 5.32 Å². The summed E-state index contributed by atoms with van der Waals surface area (Å²) in [6.45, 7) is 2.77. The van der Waals surface area contributed by atoms with Crippen molar-refractivity contribution < 1.29 is 27.5 Å². The van der Waals surface area contributed by atoms with Gasteiger partial charge in [0.2, 0.25) is 10.0 Å². The van der Waals surface area contributed by atoms with Crippen LogP contribution >= 0.6 is 15.9 Å². The quantitative estimate of drug-likeness (QED) is 0.607. The van der Waals surface area contributed by atoms with Crippen LogP contribution in [0.25, 0.3) is 0 Å². The van der Waals surface area contributed by atoms with Gasteiger partial charge in [0.1, 0.15) is 0 Å². The average Bonchev–Trinajstić information content (AvgIpc) is 2.74. The van der Waals surface area contributed by atoms with E-state index in [1.807, 2.05) is 0 Å². The molecule has 1 N–H and O–H groups in total. The number of halogens is 1. The Balaban J connectivity index is 1.60. The molecule has 2 aromatic rings. The van der Waals surface area contributed by atoms with Crippen molar-refractivity contribution in [1.29, 1.82) is 0 Å². The maximum Gasteiger partial charge on any atom is 0.340 e. The van der Waals surface area contributed by atoms with E-state index in [1.54, 1.807) is 0 Å². The van der Waals surface area contributed by atoms with Gasteiger partial charge in [0, 0.05) is 35.6 Å². The average molecular weight is 498 g/mol. The zero-order valence-electron chi connectivity index (χ0n) is 16.1. The smallest absolute Gasteiger partial charge is 0.340 e. The Morgan fingerprint density at radius 1 is 1.20 bits per heavy atom. The lowest BCUT2D eigenvalue weighted by molar-refractivity contribution is -0.123. The van der Waals surface area contributed by atoms with Gasteiger partial charge in [-0.1, -0.05) is 0 Å². The van der Waals surface area contributed by atoms with Gasteiger partial charge in [-0.15, -0.1) is 0 Å². The molecule has 0 radical (unpaired) electrons. The summed E-state index contributed by atoms with van der Waals surface area (Å²) in [5, 5.41) is 2.60. The molecule has 0 aliphatic carbocycles. The molecule has 1 amide bonds. The van der Waals surface area contributed by atoms with Gasteiger partial charge in [0.25, 0.3) is 5.91 Å². The molecule has 1 saturated heterocycles. The Labute approximate surface area is 182 Å². The largest absolute Gasteiger partial charge is 0.449 e. The van der Waals surface area contributed by atoms with Crippen molar-refractivity contribution in [1.82, 2.24) is 9.29 Å². The first kappa shape index (κ1) is 22.3. The monoisotopic (exact) mass is 497 g/mol. The number of esters is 1. The summed E-state index contributed by atoms with van der Waals surface area (Å²) in [5.41, 5.74) is 0.592. The molecule has 1 unspecified atom stereocenters. The van der Waals surface area contributed by atoms with E-state index in [2.05, 4.69) is 26.2 Å². The van der Waals surface area contributed by atoms with E-state index in [1.165, 1.54) is 54.0 Å². The second-order valence-electron chi connectivity index (χ2n) is 6.47. The highest BCUT2D eigenvalue weighted by atomic mass is 79.9. The van der Waals surface area contributed by atoms with Crippen LogP contribution in [0.5, 0.6) is 0 Å². The van der Waals surface area contributed by atoms with E-state index in [0.29, 0.717) is 36.5 Å². The van der Waals surface area contributed by atoms with E-state index in [-0.39, 0.29) is 10.5 Å². The van der Waals surface area contributed by atoms with E-state index in [0.717, 1.165) is 0 Å². The van der Waals surface area contributed by atoms with Gasteiger partial charge in [-0.2, -0.15) is 4.31 Å². The molecule has 0 spiro atoms. The van der Waals surface area contributed by atoms with Crippen LogP contribution in [-0.2, 0) is 24.3 Å². The number of sulfonamides is 1. The summed E-state index contributed by atoms with van der Waals surface area (Å²) < 4.78 is 37.6. The zero-order chi connectivity index (χ0) is 21.7. The van der Waals surface area contributed by atoms with Crippen molar-refractivity contribution in [2.75, 3.05) is 31.6 Å². The van der Waals surface area contributed by atoms with E-state index < -0.39 is 28.0 Å². The summed E-state index contributed by atoms with van der Waals surface area (Å²) >= 11 is 3.21. The fourth-order valence-electron chi connectivity index (χ4n) is 2.70. The van der Waals surface area contributed by atoms with Crippen molar-refractivity contribution in [3.63, 3.8) is 0 Å². The van der Waals surface area contributed by atoms with E-state index >= 15 is 0 Å². The topological polar surface area (TPSA) is 115 Å². The number of carbonyl (C=O) groups is 2. The number of nitrogens with zero attached hydrogens (tertiary/aromatic N) is 2. The van der Waals surface area contributed by atoms with Crippen molar-refractivity contribution in [3.8, 4) is 0 Å². The number of benzene rings is 1. The summed E-state index contributed by atoms with van der Waals surface area (Å²) in [6, 6.07) is 7.35. The van der Waals surface area contributed by atoms with Gasteiger partial charge in [-0.3, -0.25) is 9.78 Å².